The van der Waals surface area contributed by atoms with Crippen LogP contribution in [0.15, 0.2) is 91.0 Å². The molecule has 1 saturated heterocycles. The predicted octanol–water partition coefficient (Wildman–Crippen LogP) is 5.74. The van der Waals surface area contributed by atoms with E-state index >= 15 is 0 Å². The summed E-state index contributed by atoms with van der Waals surface area (Å²) in [6, 6.07) is 27.7. The second kappa shape index (κ2) is 12.7. The second-order valence-electron chi connectivity index (χ2n) is 10.9. The minimum atomic E-state index is -1.49. The van der Waals surface area contributed by atoms with Gasteiger partial charge in [0.1, 0.15) is 17.2 Å². The van der Waals surface area contributed by atoms with Crippen LogP contribution in [0.25, 0.3) is 0 Å². The lowest BCUT2D eigenvalue weighted by Gasteiger charge is -2.39. The maximum atomic E-state index is 13.8. The van der Waals surface area contributed by atoms with E-state index in [9.17, 15) is 14.7 Å². The Labute approximate surface area is 235 Å². The summed E-state index contributed by atoms with van der Waals surface area (Å²) in [6.07, 6.45) is 0.771. The highest BCUT2D eigenvalue weighted by atomic mass is 32.2. The van der Waals surface area contributed by atoms with Crippen LogP contribution < -0.4 is 5.32 Å². The smallest absolute Gasteiger partial charge is 0.410 e. The van der Waals surface area contributed by atoms with Crippen molar-refractivity contribution in [3.05, 3.63) is 108 Å². The van der Waals surface area contributed by atoms with Crippen molar-refractivity contribution in [3.8, 4) is 0 Å². The zero-order chi connectivity index (χ0) is 27.9. The van der Waals surface area contributed by atoms with Crippen LogP contribution in [0.3, 0.4) is 0 Å². The first kappa shape index (κ1) is 28.7. The monoisotopic (exact) mass is 546 g/mol. The first-order chi connectivity index (χ1) is 18.7. The van der Waals surface area contributed by atoms with E-state index in [1.807, 2.05) is 99.6 Å². The molecule has 3 aromatic carbocycles. The molecule has 2 amide bonds. The number of aliphatic hydroxyl groups is 1. The van der Waals surface area contributed by atoms with Crippen molar-refractivity contribution in [2.24, 2.45) is 0 Å². The van der Waals surface area contributed by atoms with Gasteiger partial charge in [-0.2, -0.15) is 11.8 Å². The fourth-order valence-corrected chi connectivity index (χ4v) is 6.04. The normalized spacial score (nSPS) is 16.5. The SMILES string of the molecule is CC(C)(C)OC(=O)N1CCC[C@H]1C(=O)N[C@@H](CSCc1ccccc1)C(O)(c1ccccc1)c1ccccc1. The van der Waals surface area contributed by atoms with E-state index in [1.54, 1.807) is 11.8 Å². The van der Waals surface area contributed by atoms with Gasteiger partial charge in [0.2, 0.25) is 5.91 Å². The molecule has 39 heavy (non-hydrogen) atoms. The molecular formula is C32H38N2O4S. The van der Waals surface area contributed by atoms with E-state index in [-0.39, 0.29) is 5.91 Å². The quantitative estimate of drug-likeness (QED) is 0.358. The lowest BCUT2D eigenvalue weighted by atomic mass is 9.80. The Kier molecular flexibility index (Phi) is 9.36. The molecule has 4 rings (SSSR count). The fraction of sp³-hybridized carbons (Fsp3) is 0.375. The zero-order valence-corrected chi connectivity index (χ0v) is 23.7. The number of carbonyl (C=O) groups is 2. The highest BCUT2D eigenvalue weighted by Gasteiger charge is 2.44. The zero-order valence-electron chi connectivity index (χ0n) is 22.9. The molecule has 0 spiro atoms. The van der Waals surface area contributed by atoms with Crippen molar-refractivity contribution in [2.75, 3.05) is 12.3 Å². The molecule has 7 heteroatoms. The van der Waals surface area contributed by atoms with Crippen LogP contribution in [0.4, 0.5) is 4.79 Å². The fourth-order valence-electron chi connectivity index (χ4n) is 4.94. The van der Waals surface area contributed by atoms with Gasteiger partial charge < -0.3 is 15.2 Å². The predicted molar refractivity (Wildman–Crippen MR) is 156 cm³/mol. The Hall–Kier alpha value is -3.29. The highest BCUT2D eigenvalue weighted by molar-refractivity contribution is 7.98. The standard InChI is InChI=1S/C32H38N2O4S/c1-31(2,3)38-30(36)34-21-13-20-27(34)29(35)33-28(23-39-22-24-14-7-4-8-15-24)32(37,25-16-9-5-10-17-25)26-18-11-6-12-19-26/h4-12,14-19,27-28,37H,13,20-23H2,1-3H3,(H,33,35)/t27-,28-/m0/s1. The number of hydrogen-bond donors (Lipinski definition) is 2. The Balaban J connectivity index is 1.64. The topological polar surface area (TPSA) is 78.9 Å². The van der Waals surface area contributed by atoms with Gasteiger partial charge in [-0.1, -0.05) is 91.0 Å². The Morgan fingerprint density at radius 3 is 2.03 bits per heavy atom. The van der Waals surface area contributed by atoms with Gasteiger partial charge in [0.25, 0.3) is 0 Å². The van der Waals surface area contributed by atoms with Crippen molar-refractivity contribution in [2.45, 2.75) is 62.7 Å². The molecule has 0 bridgehead atoms. The number of nitrogens with one attached hydrogen (secondary N) is 1. The van der Waals surface area contributed by atoms with Gasteiger partial charge in [-0.15, -0.1) is 0 Å². The molecule has 0 radical (unpaired) electrons. The number of rotatable bonds is 9. The van der Waals surface area contributed by atoms with Crippen LogP contribution in [0.2, 0.25) is 0 Å². The highest BCUT2D eigenvalue weighted by Crippen LogP contribution is 2.35. The number of nitrogens with zero attached hydrogens (tertiary/aromatic N) is 1. The molecule has 1 aliphatic rings. The Bertz CT molecular complexity index is 1180. The Morgan fingerprint density at radius 2 is 1.49 bits per heavy atom. The van der Waals surface area contributed by atoms with Crippen LogP contribution in [-0.2, 0) is 20.9 Å². The lowest BCUT2D eigenvalue weighted by Crippen LogP contribution is -2.57. The molecule has 0 aromatic heterocycles. The number of ether oxygens (including phenoxy) is 1. The van der Waals surface area contributed by atoms with Gasteiger partial charge in [-0.05, 0) is 50.3 Å². The van der Waals surface area contributed by atoms with Crippen molar-refractivity contribution >= 4 is 23.8 Å². The van der Waals surface area contributed by atoms with Gasteiger partial charge >= 0.3 is 6.09 Å². The largest absolute Gasteiger partial charge is 0.444 e. The van der Waals surface area contributed by atoms with E-state index < -0.39 is 29.4 Å². The number of benzene rings is 3. The first-order valence-electron chi connectivity index (χ1n) is 13.4. The van der Waals surface area contributed by atoms with Gasteiger partial charge in [0.15, 0.2) is 0 Å². The van der Waals surface area contributed by atoms with Gasteiger partial charge in [0, 0.05) is 18.1 Å². The summed E-state index contributed by atoms with van der Waals surface area (Å²) in [6.45, 7) is 5.91. The van der Waals surface area contributed by atoms with Crippen LogP contribution >= 0.6 is 11.8 Å². The van der Waals surface area contributed by atoms with Crippen LogP contribution in [0.5, 0.6) is 0 Å². The molecule has 1 heterocycles. The minimum Gasteiger partial charge on any atom is -0.444 e. The molecule has 206 valence electrons. The van der Waals surface area contributed by atoms with Crippen molar-refractivity contribution in [1.29, 1.82) is 0 Å². The minimum absolute atomic E-state index is 0.283. The third-order valence-corrected chi connectivity index (χ3v) is 7.93. The summed E-state index contributed by atoms with van der Waals surface area (Å²) in [5, 5.41) is 15.7. The molecule has 1 aliphatic heterocycles. The molecule has 0 saturated carbocycles. The summed E-state index contributed by atoms with van der Waals surface area (Å²) in [7, 11) is 0. The van der Waals surface area contributed by atoms with Crippen molar-refractivity contribution < 1.29 is 19.4 Å². The third-order valence-electron chi connectivity index (χ3n) is 6.83. The molecule has 2 atom stereocenters. The number of hydrogen-bond acceptors (Lipinski definition) is 5. The third kappa shape index (κ3) is 7.22. The molecule has 2 N–H and O–H groups in total. The lowest BCUT2D eigenvalue weighted by molar-refractivity contribution is -0.127. The maximum absolute atomic E-state index is 13.8. The molecule has 0 unspecified atom stereocenters. The second-order valence-corrected chi connectivity index (χ2v) is 11.9. The average Bonchev–Trinajstić information content (AvgIpc) is 3.43. The van der Waals surface area contributed by atoms with E-state index in [2.05, 4.69) is 17.4 Å². The van der Waals surface area contributed by atoms with Gasteiger partial charge in [0.05, 0.1) is 6.04 Å². The molecular weight excluding hydrogens is 508 g/mol. The summed E-state index contributed by atoms with van der Waals surface area (Å²) >= 11 is 1.65. The van der Waals surface area contributed by atoms with E-state index in [1.165, 1.54) is 10.5 Å². The van der Waals surface area contributed by atoms with Gasteiger partial charge in [-0.3, -0.25) is 9.69 Å². The summed E-state index contributed by atoms with van der Waals surface area (Å²) in [4.78, 5) is 28.2. The summed E-state index contributed by atoms with van der Waals surface area (Å²) in [5.74, 6) is 0.911. The van der Waals surface area contributed by atoms with Gasteiger partial charge in [-0.25, -0.2) is 4.79 Å². The number of likely N-dealkylation sites (tertiary alicyclic amines) is 1. The van der Waals surface area contributed by atoms with Crippen molar-refractivity contribution in [1.82, 2.24) is 10.2 Å². The summed E-state index contributed by atoms with van der Waals surface area (Å²) < 4.78 is 5.58. The molecule has 3 aromatic rings. The maximum Gasteiger partial charge on any atom is 0.410 e. The number of thioether (sulfide) groups is 1. The van der Waals surface area contributed by atoms with Crippen LogP contribution in [-0.4, -0.2) is 52.0 Å². The first-order valence-corrected chi connectivity index (χ1v) is 14.6. The molecule has 1 fully saturated rings. The van der Waals surface area contributed by atoms with Crippen LogP contribution in [0, 0.1) is 0 Å². The number of carbonyl (C=O) groups excluding carboxylic acids is 2. The molecule has 6 nitrogen and oxygen atoms in total. The van der Waals surface area contributed by atoms with Crippen molar-refractivity contribution in [3.63, 3.8) is 0 Å². The molecule has 0 aliphatic carbocycles. The van der Waals surface area contributed by atoms with E-state index in [4.69, 9.17) is 4.74 Å². The van der Waals surface area contributed by atoms with E-state index in [0.29, 0.717) is 36.3 Å². The Morgan fingerprint density at radius 1 is 0.949 bits per heavy atom. The summed E-state index contributed by atoms with van der Waals surface area (Å²) in [5.41, 5.74) is 0.409. The van der Waals surface area contributed by atoms with E-state index in [0.717, 1.165) is 5.75 Å². The number of amides is 2. The average molecular weight is 547 g/mol. The van der Waals surface area contributed by atoms with Crippen LogP contribution in [0.1, 0.15) is 50.3 Å².